The van der Waals surface area contributed by atoms with Crippen LogP contribution >= 0.6 is 11.8 Å². The lowest BCUT2D eigenvalue weighted by molar-refractivity contribution is 0.0696. The van der Waals surface area contributed by atoms with Crippen molar-refractivity contribution >= 4 is 17.7 Å². The van der Waals surface area contributed by atoms with Gasteiger partial charge in [-0.3, -0.25) is 0 Å². The van der Waals surface area contributed by atoms with Crippen LogP contribution in [0, 0.1) is 13.8 Å². The molecule has 1 N–H and O–H groups in total. The first kappa shape index (κ1) is 13.5. The summed E-state index contributed by atoms with van der Waals surface area (Å²) < 4.78 is 0. The van der Waals surface area contributed by atoms with E-state index in [4.69, 9.17) is 5.11 Å². The fourth-order valence-corrected chi connectivity index (χ4v) is 2.71. The Kier molecular flexibility index (Phi) is 4.16. The van der Waals surface area contributed by atoms with Gasteiger partial charge in [0.25, 0.3) is 0 Å². The van der Waals surface area contributed by atoms with Crippen molar-refractivity contribution in [2.75, 3.05) is 0 Å². The Morgan fingerprint density at radius 3 is 2.47 bits per heavy atom. The van der Waals surface area contributed by atoms with Crippen molar-refractivity contribution in [1.29, 1.82) is 0 Å². The van der Waals surface area contributed by atoms with Crippen LogP contribution in [0.4, 0.5) is 0 Å². The molecule has 0 aliphatic rings. The van der Waals surface area contributed by atoms with Gasteiger partial charge in [-0.2, -0.15) is 0 Å². The van der Waals surface area contributed by atoms with E-state index in [-0.39, 0.29) is 0 Å². The van der Waals surface area contributed by atoms with E-state index in [0.29, 0.717) is 16.5 Å². The zero-order valence-electron chi connectivity index (χ0n) is 10.8. The number of hydrogen-bond acceptors (Lipinski definition) is 4. The highest BCUT2D eigenvalue weighted by Crippen LogP contribution is 2.22. The van der Waals surface area contributed by atoms with Crippen LogP contribution < -0.4 is 0 Å². The molecule has 5 heteroatoms. The second-order valence-corrected chi connectivity index (χ2v) is 5.13. The van der Waals surface area contributed by atoms with Gasteiger partial charge in [0.15, 0.2) is 5.16 Å². The standard InChI is InChI=1S/C14H14N2O2S/c1-9-7-10(2)16-14(15-9)19-8-11-5-3-4-6-12(11)13(17)18/h3-7H,8H2,1-2H3,(H,17,18). The summed E-state index contributed by atoms with van der Waals surface area (Å²) in [4.78, 5) is 19.8. The molecule has 0 amide bonds. The van der Waals surface area contributed by atoms with Crippen LogP contribution in [-0.2, 0) is 5.75 Å². The third-order valence-electron chi connectivity index (χ3n) is 2.57. The quantitative estimate of drug-likeness (QED) is 0.685. The lowest BCUT2D eigenvalue weighted by Crippen LogP contribution is -2.01. The molecule has 1 aromatic heterocycles. The summed E-state index contributed by atoms with van der Waals surface area (Å²) >= 11 is 1.45. The number of aromatic nitrogens is 2. The summed E-state index contributed by atoms with van der Waals surface area (Å²) in [5.74, 6) is -0.358. The maximum absolute atomic E-state index is 11.1. The maximum Gasteiger partial charge on any atom is 0.335 e. The SMILES string of the molecule is Cc1cc(C)nc(SCc2ccccc2C(=O)O)n1. The third-order valence-corrected chi connectivity index (χ3v) is 3.46. The number of aryl methyl sites for hydroxylation is 2. The summed E-state index contributed by atoms with van der Waals surface area (Å²) in [6.45, 7) is 3.84. The molecule has 1 aromatic carbocycles. The molecular formula is C14H14N2O2S. The molecule has 0 saturated heterocycles. The van der Waals surface area contributed by atoms with E-state index in [1.807, 2.05) is 32.0 Å². The van der Waals surface area contributed by atoms with Gasteiger partial charge in [-0.1, -0.05) is 30.0 Å². The average Bonchev–Trinajstić information content (AvgIpc) is 2.35. The summed E-state index contributed by atoms with van der Waals surface area (Å²) in [7, 11) is 0. The second-order valence-electron chi connectivity index (χ2n) is 4.18. The van der Waals surface area contributed by atoms with Gasteiger partial charge >= 0.3 is 5.97 Å². The molecule has 0 spiro atoms. The van der Waals surface area contributed by atoms with Gasteiger partial charge < -0.3 is 5.11 Å². The molecule has 0 bridgehead atoms. The number of carbonyl (C=O) groups is 1. The van der Waals surface area contributed by atoms with Gasteiger partial charge in [-0.25, -0.2) is 14.8 Å². The van der Waals surface area contributed by atoms with Gasteiger partial charge in [0.1, 0.15) is 0 Å². The molecule has 0 fully saturated rings. The number of benzene rings is 1. The number of aromatic carboxylic acids is 1. The number of hydrogen-bond donors (Lipinski definition) is 1. The number of rotatable bonds is 4. The van der Waals surface area contributed by atoms with Crippen molar-refractivity contribution < 1.29 is 9.90 Å². The van der Waals surface area contributed by atoms with Crippen LogP contribution in [-0.4, -0.2) is 21.0 Å². The van der Waals surface area contributed by atoms with Gasteiger partial charge in [0.05, 0.1) is 5.56 Å². The zero-order chi connectivity index (χ0) is 13.8. The van der Waals surface area contributed by atoms with E-state index in [2.05, 4.69) is 9.97 Å². The Hall–Kier alpha value is -1.88. The van der Waals surface area contributed by atoms with E-state index >= 15 is 0 Å². The predicted octanol–water partition coefficient (Wildman–Crippen LogP) is 3.08. The molecule has 0 aliphatic heterocycles. The minimum absolute atomic E-state index is 0.333. The predicted molar refractivity (Wildman–Crippen MR) is 74.5 cm³/mol. The summed E-state index contributed by atoms with van der Waals surface area (Å²) in [5, 5.41) is 9.79. The summed E-state index contributed by atoms with van der Waals surface area (Å²) in [6.07, 6.45) is 0. The van der Waals surface area contributed by atoms with Crippen LogP contribution in [0.1, 0.15) is 27.3 Å². The van der Waals surface area contributed by atoms with Gasteiger partial charge in [0, 0.05) is 17.1 Å². The van der Waals surface area contributed by atoms with Crippen LogP contribution in [0.3, 0.4) is 0 Å². The average molecular weight is 274 g/mol. The molecule has 2 rings (SSSR count). The fraction of sp³-hybridized carbons (Fsp3) is 0.214. The molecule has 98 valence electrons. The second kappa shape index (κ2) is 5.84. The molecule has 0 unspecified atom stereocenters. The van der Waals surface area contributed by atoms with Gasteiger partial charge in [-0.05, 0) is 31.5 Å². The van der Waals surface area contributed by atoms with Crippen LogP contribution in [0.25, 0.3) is 0 Å². The minimum Gasteiger partial charge on any atom is -0.478 e. The fourth-order valence-electron chi connectivity index (χ4n) is 1.76. The Bertz CT molecular complexity index is 594. The van der Waals surface area contributed by atoms with Crippen LogP contribution in [0.15, 0.2) is 35.5 Å². The van der Waals surface area contributed by atoms with Crippen molar-refractivity contribution in [2.45, 2.75) is 24.8 Å². The Morgan fingerprint density at radius 2 is 1.84 bits per heavy atom. The normalized spacial score (nSPS) is 10.4. The number of nitrogens with zero attached hydrogens (tertiary/aromatic N) is 2. The minimum atomic E-state index is -0.905. The highest BCUT2D eigenvalue weighted by atomic mass is 32.2. The Labute approximate surface area is 115 Å². The molecule has 19 heavy (non-hydrogen) atoms. The number of carboxylic acids is 1. The van der Waals surface area contributed by atoms with Crippen LogP contribution in [0.2, 0.25) is 0 Å². The summed E-state index contributed by atoms with van der Waals surface area (Å²) in [5.41, 5.74) is 2.95. The molecule has 4 nitrogen and oxygen atoms in total. The molecule has 1 heterocycles. The highest BCUT2D eigenvalue weighted by Gasteiger charge is 2.10. The van der Waals surface area contributed by atoms with Crippen molar-refractivity contribution in [1.82, 2.24) is 9.97 Å². The highest BCUT2D eigenvalue weighted by molar-refractivity contribution is 7.98. The lowest BCUT2D eigenvalue weighted by Gasteiger charge is -2.06. The molecule has 0 saturated carbocycles. The first-order chi connectivity index (χ1) is 9.06. The number of thioether (sulfide) groups is 1. The van der Waals surface area contributed by atoms with E-state index in [1.165, 1.54) is 11.8 Å². The smallest absolute Gasteiger partial charge is 0.335 e. The van der Waals surface area contributed by atoms with E-state index in [1.54, 1.807) is 12.1 Å². The van der Waals surface area contributed by atoms with Gasteiger partial charge in [-0.15, -0.1) is 0 Å². The topological polar surface area (TPSA) is 63.1 Å². The molecule has 2 aromatic rings. The lowest BCUT2D eigenvalue weighted by atomic mass is 10.1. The first-order valence-electron chi connectivity index (χ1n) is 5.82. The molecule has 0 radical (unpaired) electrons. The van der Waals surface area contributed by atoms with E-state index in [0.717, 1.165) is 17.0 Å². The van der Waals surface area contributed by atoms with Gasteiger partial charge in [0.2, 0.25) is 0 Å². The van der Waals surface area contributed by atoms with Crippen molar-refractivity contribution in [2.24, 2.45) is 0 Å². The van der Waals surface area contributed by atoms with Crippen molar-refractivity contribution in [3.8, 4) is 0 Å². The Morgan fingerprint density at radius 1 is 1.21 bits per heavy atom. The summed E-state index contributed by atoms with van der Waals surface area (Å²) in [6, 6.07) is 8.91. The third kappa shape index (κ3) is 3.54. The first-order valence-corrected chi connectivity index (χ1v) is 6.81. The largest absolute Gasteiger partial charge is 0.478 e. The number of carboxylic acid groups (broad SMARTS) is 1. The molecule has 0 aliphatic carbocycles. The van der Waals surface area contributed by atoms with E-state index in [9.17, 15) is 4.79 Å². The zero-order valence-corrected chi connectivity index (χ0v) is 11.6. The van der Waals surface area contributed by atoms with Crippen molar-refractivity contribution in [3.05, 3.63) is 52.8 Å². The van der Waals surface area contributed by atoms with E-state index < -0.39 is 5.97 Å². The maximum atomic E-state index is 11.1. The molecular weight excluding hydrogens is 260 g/mol. The Balaban J connectivity index is 2.16. The van der Waals surface area contributed by atoms with Crippen LogP contribution in [0.5, 0.6) is 0 Å². The molecule has 0 atom stereocenters. The monoisotopic (exact) mass is 274 g/mol. The van der Waals surface area contributed by atoms with Crippen molar-refractivity contribution in [3.63, 3.8) is 0 Å².